The van der Waals surface area contributed by atoms with E-state index in [2.05, 4.69) is 48.9 Å². The molecule has 9 heteroatoms. The number of carbonyl (C=O) groups excluding carboxylic acids is 1. The maximum atomic E-state index is 13.5. The number of carbonyl (C=O) groups is 1. The van der Waals surface area contributed by atoms with E-state index in [1.165, 1.54) is 11.1 Å². The van der Waals surface area contributed by atoms with Gasteiger partial charge >= 0.3 is 0 Å². The Morgan fingerprint density at radius 1 is 1.15 bits per heavy atom. The number of hydrogen-bond donors (Lipinski definition) is 1. The Hall–Kier alpha value is -3.05. The van der Waals surface area contributed by atoms with E-state index in [0.29, 0.717) is 16.7 Å². The largest absolute Gasteiger partial charge is 0.483 e. The standard InChI is InChI=1S/C30H28BrIN4O3/c1-19-7-5-6-10-25(19)34-28(37)18-39-27-14-11-20(15-24(27)32)17-33-36-29(21-8-3-2-4-9-21)35-26-13-12-22(31)16-23(26)30(36)38/h5-7,10-17,21H,2-4,8-9,18H2,1H3,(H,34,37). The summed E-state index contributed by atoms with van der Waals surface area (Å²) in [5.41, 5.74) is 3.09. The molecule has 0 bridgehead atoms. The van der Waals surface area contributed by atoms with Crippen LogP contribution in [-0.2, 0) is 4.79 Å². The van der Waals surface area contributed by atoms with Crippen LogP contribution in [0, 0.1) is 10.5 Å². The van der Waals surface area contributed by atoms with Crippen LogP contribution in [0.1, 0.15) is 55.0 Å². The SMILES string of the molecule is Cc1ccccc1NC(=O)COc1ccc(C=Nn2c(C3CCCCC3)nc3ccc(Br)cc3c2=O)cc1I. The lowest BCUT2D eigenvalue weighted by atomic mass is 9.88. The van der Waals surface area contributed by atoms with Gasteiger partial charge in [-0.3, -0.25) is 9.59 Å². The van der Waals surface area contributed by atoms with Gasteiger partial charge < -0.3 is 10.1 Å². The summed E-state index contributed by atoms with van der Waals surface area (Å²) in [6, 6.07) is 18.8. The molecule has 39 heavy (non-hydrogen) atoms. The molecule has 0 spiro atoms. The second kappa shape index (κ2) is 12.4. The van der Waals surface area contributed by atoms with Crippen molar-refractivity contribution in [3.05, 3.63) is 96.0 Å². The molecular formula is C30H28BrIN4O3. The molecule has 1 amide bonds. The molecule has 1 fully saturated rings. The lowest BCUT2D eigenvalue weighted by molar-refractivity contribution is -0.118. The van der Waals surface area contributed by atoms with Crippen molar-refractivity contribution in [1.29, 1.82) is 0 Å². The molecule has 0 atom stereocenters. The molecule has 1 aromatic heterocycles. The highest BCUT2D eigenvalue weighted by atomic mass is 127. The van der Waals surface area contributed by atoms with Crippen LogP contribution < -0.4 is 15.6 Å². The number of fused-ring (bicyclic) bond motifs is 1. The monoisotopic (exact) mass is 698 g/mol. The first kappa shape index (κ1) is 27.5. The predicted molar refractivity (Wildman–Crippen MR) is 167 cm³/mol. The molecule has 200 valence electrons. The number of halogens is 2. The number of para-hydroxylation sites is 1. The number of hydrogen-bond acceptors (Lipinski definition) is 5. The quantitative estimate of drug-likeness (QED) is 0.166. The number of nitrogens with zero attached hydrogens (tertiary/aromatic N) is 3. The lowest BCUT2D eigenvalue weighted by Gasteiger charge is -2.22. The third kappa shape index (κ3) is 6.58. The molecule has 1 aliphatic rings. The van der Waals surface area contributed by atoms with Gasteiger partial charge in [-0.1, -0.05) is 53.4 Å². The summed E-state index contributed by atoms with van der Waals surface area (Å²) in [4.78, 5) is 30.8. The van der Waals surface area contributed by atoms with Crippen LogP contribution >= 0.6 is 38.5 Å². The average molecular weight is 699 g/mol. The van der Waals surface area contributed by atoms with Gasteiger partial charge in [0.25, 0.3) is 11.5 Å². The predicted octanol–water partition coefficient (Wildman–Crippen LogP) is 7.02. The summed E-state index contributed by atoms with van der Waals surface area (Å²) in [7, 11) is 0. The van der Waals surface area contributed by atoms with Gasteiger partial charge in [-0.15, -0.1) is 0 Å². The minimum atomic E-state index is -0.226. The van der Waals surface area contributed by atoms with Crippen LogP contribution in [0.5, 0.6) is 5.75 Å². The molecule has 1 heterocycles. The van der Waals surface area contributed by atoms with Crippen LogP contribution in [0.25, 0.3) is 10.9 Å². The van der Waals surface area contributed by atoms with E-state index < -0.39 is 0 Å². The summed E-state index contributed by atoms with van der Waals surface area (Å²) < 4.78 is 8.90. The maximum Gasteiger partial charge on any atom is 0.282 e. The molecule has 0 aliphatic heterocycles. The fourth-order valence-electron chi connectivity index (χ4n) is 4.78. The number of anilines is 1. The van der Waals surface area contributed by atoms with Gasteiger partial charge in [0, 0.05) is 16.1 Å². The van der Waals surface area contributed by atoms with E-state index in [0.717, 1.165) is 56.4 Å². The van der Waals surface area contributed by atoms with Crippen LogP contribution in [0.2, 0.25) is 0 Å². The first-order chi connectivity index (χ1) is 18.9. The van der Waals surface area contributed by atoms with Crippen molar-refractivity contribution in [2.24, 2.45) is 5.10 Å². The number of benzene rings is 3. The maximum absolute atomic E-state index is 13.5. The highest BCUT2D eigenvalue weighted by Gasteiger charge is 2.22. The van der Waals surface area contributed by atoms with Gasteiger partial charge in [0.1, 0.15) is 11.6 Å². The molecule has 4 aromatic rings. The molecule has 5 rings (SSSR count). The van der Waals surface area contributed by atoms with Crippen LogP contribution in [0.3, 0.4) is 0 Å². The van der Waals surface area contributed by atoms with Gasteiger partial charge in [-0.25, -0.2) is 4.98 Å². The van der Waals surface area contributed by atoms with Crippen molar-refractivity contribution in [2.45, 2.75) is 44.9 Å². The Labute approximate surface area is 249 Å². The third-order valence-electron chi connectivity index (χ3n) is 6.86. The van der Waals surface area contributed by atoms with Crippen LogP contribution in [0.4, 0.5) is 5.69 Å². The van der Waals surface area contributed by atoms with Crippen molar-refractivity contribution in [3.63, 3.8) is 0 Å². The Morgan fingerprint density at radius 3 is 2.72 bits per heavy atom. The van der Waals surface area contributed by atoms with Gasteiger partial charge in [0.15, 0.2) is 6.61 Å². The van der Waals surface area contributed by atoms with E-state index in [-0.39, 0.29) is 24.0 Å². The van der Waals surface area contributed by atoms with Gasteiger partial charge in [0.05, 0.1) is 20.7 Å². The zero-order valence-electron chi connectivity index (χ0n) is 21.5. The highest BCUT2D eigenvalue weighted by molar-refractivity contribution is 14.1. The topological polar surface area (TPSA) is 85.6 Å². The zero-order chi connectivity index (χ0) is 27.4. The number of rotatable bonds is 7. The molecule has 1 aliphatic carbocycles. The number of aryl methyl sites for hydroxylation is 1. The fraction of sp³-hybridized carbons (Fsp3) is 0.267. The summed E-state index contributed by atoms with van der Waals surface area (Å²) in [5.74, 6) is 1.30. The Bertz CT molecular complexity index is 1610. The van der Waals surface area contributed by atoms with Crippen molar-refractivity contribution in [3.8, 4) is 5.75 Å². The first-order valence-electron chi connectivity index (χ1n) is 12.9. The summed E-state index contributed by atoms with van der Waals surface area (Å²) >= 11 is 5.64. The van der Waals surface area contributed by atoms with Gasteiger partial charge in [-0.2, -0.15) is 9.78 Å². The molecule has 1 N–H and O–H groups in total. The van der Waals surface area contributed by atoms with Gasteiger partial charge in [0.2, 0.25) is 0 Å². The molecular weight excluding hydrogens is 671 g/mol. The number of aromatic nitrogens is 2. The third-order valence-corrected chi connectivity index (χ3v) is 8.20. The summed E-state index contributed by atoms with van der Waals surface area (Å²) in [6.07, 6.45) is 7.16. The van der Waals surface area contributed by atoms with Crippen molar-refractivity contribution in [1.82, 2.24) is 9.66 Å². The van der Waals surface area contributed by atoms with Crippen molar-refractivity contribution >= 4 is 67.2 Å². The van der Waals surface area contributed by atoms with Crippen LogP contribution in [0.15, 0.2) is 75.0 Å². The summed E-state index contributed by atoms with van der Waals surface area (Å²) in [5, 5.41) is 8.03. The molecule has 0 unspecified atom stereocenters. The average Bonchev–Trinajstić information content (AvgIpc) is 2.94. The normalized spacial score (nSPS) is 14.1. The van der Waals surface area contributed by atoms with E-state index in [4.69, 9.17) is 9.72 Å². The molecule has 0 saturated heterocycles. The molecule has 3 aromatic carbocycles. The zero-order valence-corrected chi connectivity index (χ0v) is 25.2. The van der Waals surface area contributed by atoms with E-state index >= 15 is 0 Å². The minimum Gasteiger partial charge on any atom is -0.483 e. The van der Waals surface area contributed by atoms with Crippen molar-refractivity contribution < 1.29 is 9.53 Å². The van der Waals surface area contributed by atoms with Crippen molar-refractivity contribution in [2.75, 3.05) is 11.9 Å². The summed E-state index contributed by atoms with van der Waals surface area (Å²) in [6.45, 7) is 1.84. The molecule has 1 saturated carbocycles. The highest BCUT2D eigenvalue weighted by Crippen LogP contribution is 2.32. The fourth-order valence-corrected chi connectivity index (χ4v) is 5.84. The van der Waals surface area contributed by atoms with E-state index in [9.17, 15) is 9.59 Å². The lowest BCUT2D eigenvalue weighted by Crippen LogP contribution is -2.25. The van der Waals surface area contributed by atoms with E-state index in [1.54, 1.807) is 12.3 Å². The molecule has 7 nitrogen and oxygen atoms in total. The first-order valence-corrected chi connectivity index (χ1v) is 14.8. The molecule has 0 radical (unpaired) electrons. The Balaban J connectivity index is 1.36. The number of ether oxygens (including phenoxy) is 1. The van der Waals surface area contributed by atoms with Crippen LogP contribution in [-0.4, -0.2) is 28.4 Å². The second-order valence-electron chi connectivity index (χ2n) is 9.67. The number of amides is 1. The van der Waals surface area contributed by atoms with E-state index in [1.807, 2.05) is 61.5 Å². The Kier molecular flexibility index (Phi) is 8.76. The van der Waals surface area contributed by atoms with Gasteiger partial charge in [-0.05, 0) is 95.9 Å². The second-order valence-corrected chi connectivity index (χ2v) is 11.7. The number of nitrogens with one attached hydrogen (secondary N) is 1. The minimum absolute atomic E-state index is 0.101. The Morgan fingerprint density at radius 2 is 1.95 bits per heavy atom. The smallest absolute Gasteiger partial charge is 0.282 e.